The van der Waals surface area contributed by atoms with Crippen LogP contribution in [0.1, 0.15) is 106 Å². The second kappa shape index (κ2) is 13.6. The number of hydrogen-bond donors (Lipinski definition) is 3. The summed E-state index contributed by atoms with van der Waals surface area (Å²) in [6.07, 6.45) is 4.09. The van der Waals surface area contributed by atoms with Crippen molar-refractivity contribution in [3.8, 4) is 5.75 Å². The lowest BCUT2D eigenvalue weighted by Crippen LogP contribution is -2.36. The number of nitrogens with one attached hydrogen (secondary N) is 3. The van der Waals surface area contributed by atoms with Crippen LogP contribution in [0.5, 0.6) is 5.75 Å². The van der Waals surface area contributed by atoms with Gasteiger partial charge in [-0.15, -0.1) is 10.2 Å². The Hall–Kier alpha value is -4.58. The zero-order valence-corrected chi connectivity index (χ0v) is 28.7. The number of aromatic nitrogens is 5. The van der Waals surface area contributed by atoms with E-state index in [0.717, 1.165) is 34.8 Å². The van der Waals surface area contributed by atoms with Crippen LogP contribution in [0.15, 0.2) is 48.7 Å². The molecule has 1 aromatic carbocycles. The van der Waals surface area contributed by atoms with Gasteiger partial charge in [0.05, 0.1) is 17.9 Å². The van der Waals surface area contributed by atoms with E-state index in [0.29, 0.717) is 31.6 Å². The summed E-state index contributed by atoms with van der Waals surface area (Å²) < 4.78 is 8.58. The second-order valence-corrected chi connectivity index (χ2v) is 14.1. The molecule has 250 valence electrons. The van der Waals surface area contributed by atoms with Crippen LogP contribution in [0.3, 0.4) is 0 Å². The third-order valence-electron chi connectivity index (χ3n) is 8.67. The zero-order chi connectivity index (χ0) is 33.9. The van der Waals surface area contributed by atoms with Crippen LogP contribution in [-0.4, -0.2) is 68.6 Å². The second-order valence-electron chi connectivity index (χ2n) is 14.1. The Morgan fingerprint density at radius 3 is 2.45 bits per heavy atom. The normalized spacial score (nSPS) is 16.5. The molecule has 4 aromatic rings. The van der Waals surface area contributed by atoms with Crippen molar-refractivity contribution in [2.75, 3.05) is 32.5 Å². The van der Waals surface area contributed by atoms with Gasteiger partial charge in [-0.1, -0.05) is 65.8 Å². The summed E-state index contributed by atoms with van der Waals surface area (Å²) in [5, 5.41) is 17.6. The summed E-state index contributed by atoms with van der Waals surface area (Å²) in [5.74, 6) is 1.52. The van der Waals surface area contributed by atoms with Crippen LogP contribution in [0.25, 0.3) is 5.65 Å². The van der Waals surface area contributed by atoms with Crippen molar-refractivity contribution in [1.29, 1.82) is 0 Å². The topological polar surface area (TPSA) is 139 Å². The van der Waals surface area contributed by atoms with Crippen molar-refractivity contribution in [3.63, 3.8) is 0 Å². The fourth-order valence-electron chi connectivity index (χ4n) is 5.53. The Labute approximate surface area is 276 Å². The number of pyridine rings is 1. The van der Waals surface area contributed by atoms with Gasteiger partial charge in [-0.3, -0.25) is 14.5 Å². The highest BCUT2D eigenvalue weighted by molar-refractivity contribution is 5.92. The van der Waals surface area contributed by atoms with E-state index in [1.807, 2.05) is 80.7 Å². The number of nitrogens with zero attached hydrogens (tertiary/aromatic N) is 6. The quantitative estimate of drug-likeness (QED) is 0.204. The van der Waals surface area contributed by atoms with E-state index in [4.69, 9.17) is 4.74 Å². The number of carbonyl (C=O) groups is 2. The molecule has 0 aliphatic heterocycles. The van der Waals surface area contributed by atoms with E-state index in [1.165, 1.54) is 0 Å². The standard InChI is InChI=1S/C35H47N9O3/c1-9-35(5,6)32-42-41-29-17-14-22(21-44(29)32)47-26-16-15-25(23-12-10-11-13-24(23)26)37-33(46)40-28-20-27(34(2,3)4)38-30(39-28)31(45)36-18-19-43(7)8/h10-14,17,20-21,25-26H,9,15-16,18-19H2,1-8H3,(H,36,45)(H2,37,38,39,40,46)/t25-,26+/m0/s1. The van der Waals surface area contributed by atoms with Crippen molar-refractivity contribution in [3.05, 3.63) is 77.1 Å². The molecule has 12 nitrogen and oxygen atoms in total. The van der Waals surface area contributed by atoms with Crippen LogP contribution in [-0.2, 0) is 10.8 Å². The summed E-state index contributed by atoms with van der Waals surface area (Å²) >= 11 is 0. The molecule has 0 fully saturated rings. The summed E-state index contributed by atoms with van der Waals surface area (Å²) in [5.41, 5.74) is 2.96. The lowest BCUT2D eigenvalue weighted by atomic mass is 9.85. The van der Waals surface area contributed by atoms with Gasteiger partial charge in [0.1, 0.15) is 23.5 Å². The minimum absolute atomic E-state index is 0.0181. The molecule has 5 rings (SSSR count). The van der Waals surface area contributed by atoms with Gasteiger partial charge in [-0.05, 0) is 56.6 Å². The maximum Gasteiger partial charge on any atom is 0.320 e. The number of amides is 3. The van der Waals surface area contributed by atoms with E-state index >= 15 is 0 Å². The number of carbonyl (C=O) groups excluding carboxylic acids is 2. The highest BCUT2D eigenvalue weighted by Crippen LogP contribution is 2.39. The monoisotopic (exact) mass is 641 g/mol. The Bertz CT molecular complexity index is 1740. The van der Waals surface area contributed by atoms with Gasteiger partial charge < -0.3 is 20.3 Å². The van der Waals surface area contributed by atoms with Crippen molar-refractivity contribution < 1.29 is 14.3 Å². The van der Waals surface area contributed by atoms with Gasteiger partial charge in [0, 0.05) is 30.0 Å². The zero-order valence-electron chi connectivity index (χ0n) is 28.7. The van der Waals surface area contributed by atoms with Crippen LogP contribution >= 0.6 is 0 Å². The SMILES string of the molecule is CCC(C)(C)c1nnc2ccc(O[C@@H]3CC[C@H](NC(=O)Nc4cc(C(C)(C)C)nc(C(=O)NCCN(C)C)n4)c4ccccc43)cn12. The fraction of sp³-hybridized carbons (Fsp3) is 0.486. The fourth-order valence-corrected chi connectivity index (χ4v) is 5.53. The predicted octanol–water partition coefficient (Wildman–Crippen LogP) is 5.57. The number of hydrogen-bond acceptors (Lipinski definition) is 8. The van der Waals surface area contributed by atoms with Crippen molar-refractivity contribution >= 4 is 23.4 Å². The molecule has 0 saturated heterocycles. The van der Waals surface area contributed by atoms with Crippen molar-refractivity contribution in [2.24, 2.45) is 0 Å². The predicted molar refractivity (Wildman–Crippen MR) is 182 cm³/mol. The smallest absolute Gasteiger partial charge is 0.320 e. The average molecular weight is 642 g/mol. The molecule has 0 spiro atoms. The summed E-state index contributed by atoms with van der Waals surface area (Å²) in [4.78, 5) is 37.1. The van der Waals surface area contributed by atoms with E-state index < -0.39 is 6.03 Å². The van der Waals surface area contributed by atoms with E-state index in [2.05, 4.69) is 63.0 Å². The van der Waals surface area contributed by atoms with E-state index in [9.17, 15) is 9.59 Å². The minimum atomic E-state index is -0.411. The third kappa shape index (κ3) is 7.87. The maximum atomic E-state index is 13.4. The molecule has 0 radical (unpaired) electrons. The molecule has 3 heterocycles. The van der Waals surface area contributed by atoms with Crippen LogP contribution < -0.4 is 20.7 Å². The molecule has 47 heavy (non-hydrogen) atoms. The molecule has 1 aliphatic carbocycles. The maximum absolute atomic E-state index is 13.4. The number of rotatable bonds is 10. The molecule has 0 bridgehead atoms. The average Bonchev–Trinajstić information content (AvgIpc) is 3.46. The van der Waals surface area contributed by atoms with Gasteiger partial charge in [0.2, 0.25) is 5.82 Å². The van der Waals surface area contributed by atoms with E-state index in [-0.39, 0.29) is 40.5 Å². The number of anilines is 1. The number of fused-ring (bicyclic) bond motifs is 2. The molecule has 3 aromatic heterocycles. The molecule has 3 amide bonds. The van der Waals surface area contributed by atoms with Gasteiger partial charge in [0.25, 0.3) is 5.91 Å². The lowest BCUT2D eigenvalue weighted by Gasteiger charge is -2.32. The van der Waals surface area contributed by atoms with Crippen molar-refractivity contribution in [2.45, 2.75) is 83.8 Å². The first-order valence-corrected chi connectivity index (χ1v) is 16.3. The number of urea groups is 1. The molecule has 0 saturated carbocycles. The summed E-state index contributed by atoms with van der Waals surface area (Å²) in [6, 6.07) is 13.0. The van der Waals surface area contributed by atoms with Gasteiger partial charge >= 0.3 is 6.03 Å². The number of benzene rings is 1. The first-order valence-electron chi connectivity index (χ1n) is 16.3. The van der Waals surface area contributed by atoms with Gasteiger partial charge in [-0.2, -0.15) is 0 Å². The molecule has 1 aliphatic rings. The highest BCUT2D eigenvalue weighted by atomic mass is 16.5. The third-order valence-corrected chi connectivity index (χ3v) is 8.67. The lowest BCUT2D eigenvalue weighted by molar-refractivity contribution is 0.0940. The van der Waals surface area contributed by atoms with Crippen LogP contribution in [0, 0.1) is 0 Å². The first-order chi connectivity index (χ1) is 22.2. The van der Waals surface area contributed by atoms with Crippen molar-refractivity contribution in [1.82, 2.24) is 40.1 Å². The summed E-state index contributed by atoms with van der Waals surface area (Å²) in [7, 11) is 3.87. The number of likely N-dealkylation sites (N-methyl/N-ethyl adjacent to an activating group) is 1. The number of ether oxygens (including phenoxy) is 1. The molecule has 0 unspecified atom stereocenters. The Morgan fingerprint density at radius 2 is 1.74 bits per heavy atom. The molecule has 3 N–H and O–H groups in total. The molecular formula is C35H47N9O3. The molecule has 12 heteroatoms. The summed E-state index contributed by atoms with van der Waals surface area (Å²) in [6.45, 7) is 13.6. The van der Waals surface area contributed by atoms with Gasteiger partial charge in [0.15, 0.2) is 5.65 Å². The Morgan fingerprint density at radius 1 is 1.00 bits per heavy atom. The minimum Gasteiger partial charge on any atom is -0.484 e. The van der Waals surface area contributed by atoms with Crippen LogP contribution in [0.4, 0.5) is 10.6 Å². The highest BCUT2D eigenvalue weighted by Gasteiger charge is 2.30. The molecule has 2 atom stereocenters. The first kappa shape index (κ1) is 33.8. The molecular weight excluding hydrogens is 594 g/mol. The van der Waals surface area contributed by atoms with E-state index in [1.54, 1.807) is 6.07 Å². The van der Waals surface area contributed by atoms with Gasteiger partial charge in [-0.25, -0.2) is 14.8 Å². The van der Waals surface area contributed by atoms with Crippen LogP contribution in [0.2, 0.25) is 0 Å². The Kier molecular flexibility index (Phi) is 9.81. The Balaban J connectivity index is 1.31. The largest absolute Gasteiger partial charge is 0.484 e.